The van der Waals surface area contributed by atoms with Crippen molar-refractivity contribution in [3.8, 4) is 0 Å². The lowest BCUT2D eigenvalue weighted by Crippen LogP contribution is -3.00. The number of anilines is 1. The lowest BCUT2D eigenvalue weighted by molar-refractivity contribution is -0.685. The summed E-state index contributed by atoms with van der Waals surface area (Å²) in [4.78, 5) is 6.48. The van der Waals surface area contributed by atoms with E-state index in [2.05, 4.69) is 39.7 Å². The summed E-state index contributed by atoms with van der Waals surface area (Å²) in [6.07, 6.45) is 3.73. The molecule has 0 fully saturated rings. The maximum Gasteiger partial charge on any atom is 0.397 e. The molecule has 3 aromatic rings. The minimum atomic E-state index is -1.11. The van der Waals surface area contributed by atoms with E-state index in [-0.39, 0.29) is 17.0 Å². The first-order chi connectivity index (χ1) is 11.7. The highest BCUT2D eigenvalue weighted by Crippen LogP contribution is 2.35. The predicted molar refractivity (Wildman–Crippen MR) is 100 cm³/mol. The molecule has 2 aromatic carbocycles. The van der Waals surface area contributed by atoms with E-state index in [4.69, 9.17) is 0 Å². The van der Waals surface area contributed by atoms with Gasteiger partial charge in [-0.15, -0.1) is 0 Å². The van der Waals surface area contributed by atoms with Gasteiger partial charge in [-0.1, -0.05) is 47.4 Å². The molecule has 0 saturated carbocycles. The monoisotopic (exact) mass is 509 g/mol. The Labute approximate surface area is 171 Å². The number of aromatic nitrogens is 2. The summed E-state index contributed by atoms with van der Waals surface area (Å²) in [6.45, 7) is 1.06. The Bertz CT molecular complexity index is 860. The first kappa shape index (κ1) is 18.3. The summed E-state index contributed by atoms with van der Waals surface area (Å²) in [7, 11) is 0. The van der Waals surface area contributed by atoms with Gasteiger partial charge in [0, 0.05) is 15.2 Å². The molecule has 1 aliphatic rings. The Morgan fingerprint density at radius 3 is 2.52 bits per heavy atom. The fourth-order valence-electron chi connectivity index (χ4n) is 3.16. The van der Waals surface area contributed by atoms with Crippen LogP contribution in [-0.2, 0) is 18.8 Å². The van der Waals surface area contributed by atoms with Crippen LogP contribution in [0.5, 0.6) is 0 Å². The molecule has 0 spiro atoms. The van der Waals surface area contributed by atoms with Gasteiger partial charge in [0.05, 0.1) is 12.7 Å². The summed E-state index contributed by atoms with van der Waals surface area (Å²) in [5, 5.41) is 11.6. The second kappa shape index (κ2) is 7.39. The van der Waals surface area contributed by atoms with Crippen LogP contribution < -0.4 is 26.4 Å². The highest BCUT2D eigenvalue weighted by atomic mass is 127. The van der Waals surface area contributed by atoms with Crippen LogP contribution in [0.15, 0.2) is 73.1 Å². The molecular weight excluding hydrogens is 493 g/mol. The third-order valence-electron chi connectivity index (χ3n) is 4.37. The van der Waals surface area contributed by atoms with E-state index in [1.165, 1.54) is 0 Å². The van der Waals surface area contributed by atoms with Crippen LogP contribution in [0.3, 0.4) is 0 Å². The fourth-order valence-corrected chi connectivity index (χ4v) is 3.52. The molecule has 4 nitrogen and oxygen atoms in total. The van der Waals surface area contributed by atoms with Gasteiger partial charge in [-0.3, -0.25) is 0 Å². The molecule has 25 heavy (non-hydrogen) atoms. The average Bonchev–Trinajstić information content (AvgIpc) is 2.90. The van der Waals surface area contributed by atoms with Crippen molar-refractivity contribution in [2.45, 2.75) is 18.8 Å². The van der Waals surface area contributed by atoms with Gasteiger partial charge in [-0.25, -0.2) is 9.47 Å². The van der Waals surface area contributed by atoms with Crippen molar-refractivity contribution in [2.75, 3.05) is 4.90 Å². The van der Waals surface area contributed by atoms with E-state index in [0.717, 1.165) is 20.6 Å². The number of nitrogens with zero attached hydrogens (tertiary/aromatic N) is 3. The molecule has 0 amide bonds. The van der Waals surface area contributed by atoms with Gasteiger partial charge in [-0.2, -0.15) is 0 Å². The van der Waals surface area contributed by atoms with Crippen molar-refractivity contribution in [1.29, 1.82) is 0 Å². The smallest absolute Gasteiger partial charge is 0.397 e. The van der Waals surface area contributed by atoms with Gasteiger partial charge in [-0.05, 0) is 40.3 Å². The fraction of sp³-hybridized carbons (Fsp3) is 0.158. The second-order valence-electron chi connectivity index (χ2n) is 5.94. The Morgan fingerprint density at radius 1 is 1.08 bits per heavy atom. The number of hydrogen-bond acceptors (Lipinski definition) is 3. The van der Waals surface area contributed by atoms with E-state index in [1.807, 2.05) is 64.2 Å². The summed E-state index contributed by atoms with van der Waals surface area (Å²) >= 11 is 2.28. The van der Waals surface area contributed by atoms with Gasteiger partial charge in [0.1, 0.15) is 12.7 Å². The quantitative estimate of drug-likeness (QED) is 0.394. The Kier molecular flexibility index (Phi) is 5.41. The SMILES string of the molecule is O[C@@]1(c2ccc(I)cc2)C[n+]2cccnc2N1Cc1ccccc1.[Br-]. The maximum atomic E-state index is 11.6. The molecular formula is C19H17BrIN3O. The Balaban J connectivity index is 0.00000182. The Morgan fingerprint density at radius 2 is 1.80 bits per heavy atom. The van der Waals surface area contributed by atoms with Crippen molar-refractivity contribution < 1.29 is 26.7 Å². The van der Waals surface area contributed by atoms with Crippen molar-refractivity contribution >= 4 is 28.5 Å². The topological polar surface area (TPSA) is 40.2 Å². The first-order valence-electron chi connectivity index (χ1n) is 7.81. The largest absolute Gasteiger partial charge is 1.00 e. The van der Waals surface area contributed by atoms with E-state index in [0.29, 0.717) is 13.1 Å². The molecule has 0 radical (unpaired) electrons. The lowest BCUT2D eigenvalue weighted by atomic mass is 10.0. The van der Waals surface area contributed by atoms with Gasteiger partial charge >= 0.3 is 5.95 Å². The van der Waals surface area contributed by atoms with E-state index < -0.39 is 5.72 Å². The molecule has 0 saturated heterocycles. The average molecular weight is 510 g/mol. The highest BCUT2D eigenvalue weighted by Gasteiger charge is 2.51. The highest BCUT2D eigenvalue weighted by molar-refractivity contribution is 14.1. The van der Waals surface area contributed by atoms with Crippen LogP contribution in [0, 0.1) is 3.57 Å². The zero-order chi connectivity index (χ0) is 16.6. The van der Waals surface area contributed by atoms with Crippen molar-refractivity contribution in [3.05, 3.63) is 87.8 Å². The van der Waals surface area contributed by atoms with Gasteiger partial charge in [0.15, 0.2) is 0 Å². The van der Waals surface area contributed by atoms with Crippen LogP contribution >= 0.6 is 22.6 Å². The van der Waals surface area contributed by atoms with E-state index >= 15 is 0 Å². The van der Waals surface area contributed by atoms with Crippen molar-refractivity contribution in [3.63, 3.8) is 0 Å². The molecule has 0 bridgehead atoms. The minimum absolute atomic E-state index is 0. The number of hydrogen-bond donors (Lipinski definition) is 1. The second-order valence-corrected chi connectivity index (χ2v) is 7.19. The molecule has 128 valence electrons. The number of halogens is 2. The van der Waals surface area contributed by atoms with Gasteiger partial charge in [0.25, 0.3) is 0 Å². The van der Waals surface area contributed by atoms with Crippen LogP contribution in [0.25, 0.3) is 0 Å². The summed E-state index contributed by atoms with van der Waals surface area (Å²) in [5.74, 6) is 0.780. The van der Waals surface area contributed by atoms with Crippen LogP contribution in [0.2, 0.25) is 0 Å². The molecule has 2 heterocycles. The third-order valence-corrected chi connectivity index (χ3v) is 5.09. The number of aliphatic hydroxyl groups is 1. The van der Waals surface area contributed by atoms with Crippen LogP contribution in [0.4, 0.5) is 5.95 Å². The standard InChI is InChI=1S/C19H17IN3O.BrH/c20-17-9-7-16(8-10-17)19(24)14-22-12-4-11-21-18(22)23(19)13-15-5-2-1-3-6-15;/h1-12,24H,13-14H2;1H/q+1;/p-1/t19-;/m1./s1. The molecule has 1 atom stereocenters. The molecule has 4 rings (SSSR count). The molecule has 1 aromatic heterocycles. The zero-order valence-corrected chi connectivity index (χ0v) is 17.1. The molecule has 1 N–H and O–H groups in total. The minimum Gasteiger partial charge on any atom is -1.00 e. The normalized spacial score (nSPS) is 18.6. The van der Waals surface area contributed by atoms with Crippen LogP contribution in [-0.4, -0.2) is 10.1 Å². The van der Waals surface area contributed by atoms with Crippen molar-refractivity contribution in [1.82, 2.24) is 4.98 Å². The molecule has 1 aliphatic heterocycles. The predicted octanol–water partition coefficient (Wildman–Crippen LogP) is -0.157. The van der Waals surface area contributed by atoms with Gasteiger partial charge in [0.2, 0.25) is 5.72 Å². The maximum absolute atomic E-state index is 11.6. The lowest BCUT2D eigenvalue weighted by Gasteiger charge is -2.28. The van der Waals surface area contributed by atoms with Crippen molar-refractivity contribution in [2.24, 2.45) is 0 Å². The summed E-state index contributed by atoms with van der Waals surface area (Å²) < 4.78 is 3.15. The first-order valence-corrected chi connectivity index (χ1v) is 8.89. The van der Waals surface area contributed by atoms with E-state index in [9.17, 15) is 5.11 Å². The van der Waals surface area contributed by atoms with E-state index in [1.54, 1.807) is 6.20 Å². The number of benzene rings is 2. The van der Waals surface area contributed by atoms with Crippen LogP contribution in [0.1, 0.15) is 11.1 Å². The molecule has 0 unspecified atom stereocenters. The third kappa shape index (κ3) is 3.43. The molecule has 6 heteroatoms. The zero-order valence-electron chi connectivity index (χ0n) is 13.4. The number of fused-ring (bicyclic) bond motifs is 1. The van der Waals surface area contributed by atoms with Gasteiger partial charge < -0.3 is 22.1 Å². The summed E-state index contributed by atoms with van der Waals surface area (Å²) in [5.41, 5.74) is 0.909. The number of rotatable bonds is 3. The summed E-state index contributed by atoms with van der Waals surface area (Å²) in [6, 6.07) is 20.1. The Hall–Kier alpha value is -1.51. The molecule has 0 aliphatic carbocycles.